The molecule has 0 radical (unpaired) electrons. The molecule has 5 heteroatoms. The Balaban J connectivity index is 2.21. The number of hydrogen-bond donors (Lipinski definition) is 0. The van der Waals surface area contributed by atoms with E-state index in [0.717, 1.165) is 14.5 Å². The van der Waals surface area contributed by atoms with Gasteiger partial charge in [0.15, 0.2) is 5.78 Å². The first kappa shape index (κ1) is 12.0. The highest BCUT2D eigenvalue weighted by Gasteiger charge is 2.12. The number of ketones is 1. The zero-order valence-electron chi connectivity index (χ0n) is 8.11. The third-order valence-corrected chi connectivity index (χ3v) is 3.79. The molecule has 0 unspecified atom stereocenters. The van der Waals surface area contributed by atoms with Crippen molar-refractivity contribution in [2.75, 3.05) is 0 Å². The van der Waals surface area contributed by atoms with E-state index in [2.05, 4.69) is 36.8 Å². The number of thiophene rings is 1. The number of rotatable bonds is 3. The molecule has 2 nitrogen and oxygen atoms in total. The summed E-state index contributed by atoms with van der Waals surface area (Å²) in [6, 6.07) is 3.78. The van der Waals surface area contributed by atoms with Gasteiger partial charge in [0, 0.05) is 21.6 Å². The Bertz CT molecular complexity index is 511. The van der Waals surface area contributed by atoms with E-state index < -0.39 is 0 Å². The van der Waals surface area contributed by atoms with Crippen molar-refractivity contribution in [3.05, 3.63) is 49.3 Å². The molecule has 0 aliphatic carbocycles. The van der Waals surface area contributed by atoms with Crippen LogP contribution >= 0.6 is 43.2 Å². The molecule has 16 heavy (non-hydrogen) atoms. The summed E-state index contributed by atoms with van der Waals surface area (Å²) in [4.78, 5) is 16.1. The van der Waals surface area contributed by atoms with Crippen molar-refractivity contribution in [3.63, 3.8) is 0 Å². The molecule has 2 rings (SSSR count). The molecule has 2 aromatic rings. The van der Waals surface area contributed by atoms with Gasteiger partial charge in [0.2, 0.25) is 0 Å². The predicted octanol–water partition coefficient (Wildman–Crippen LogP) is 4.09. The average Bonchev–Trinajstić information content (AvgIpc) is 2.70. The van der Waals surface area contributed by atoms with Crippen LogP contribution in [0.25, 0.3) is 0 Å². The van der Waals surface area contributed by atoms with Gasteiger partial charge in [0.25, 0.3) is 0 Å². The Morgan fingerprint density at radius 1 is 1.44 bits per heavy atom. The van der Waals surface area contributed by atoms with Gasteiger partial charge in [-0.05, 0) is 60.3 Å². The second-order valence-electron chi connectivity index (χ2n) is 3.22. The van der Waals surface area contributed by atoms with Gasteiger partial charge < -0.3 is 0 Å². The molecule has 2 aromatic heterocycles. The van der Waals surface area contributed by atoms with Crippen molar-refractivity contribution in [2.45, 2.75) is 6.42 Å². The van der Waals surface area contributed by atoms with Crippen LogP contribution in [-0.4, -0.2) is 10.8 Å². The molecular formula is C11H7Br2NOS. The summed E-state index contributed by atoms with van der Waals surface area (Å²) < 4.78 is 1.58. The van der Waals surface area contributed by atoms with Gasteiger partial charge in [-0.25, -0.2) is 0 Å². The molecule has 0 saturated heterocycles. The van der Waals surface area contributed by atoms with Crippen molar-refractivity contribution in [3.8, 4) is 0 Å². The number of pyridine rings is 1. The van der Waals surface area contributed by atoms with E-state index in [1.807, 2.05) is 22.9 Å². The summed E-state index contributed by atoms with van der Waals surface area (Å²) in [6.45, 7) is 0. The Labute approximate surface area is 114 Å². The molecular weight excluding hydrogens is 354 g/mol. The third kappa shape index (κ3) is 2.78. The maximum atomic E-state index is 11.9. The lowest BCUT2D eigenvalue weighted by molar-refractivity contribution is 0.0987. The minimum atomic E-state index is 0.0257. The second-order valence-corrected chi connectivity index (χ2v) is 5.77. The normalized spacial score (nSPS) is 10.4. The van der Waals surface area contributed by atoms with Crippen LogP contribution in [0.15, 0.2) is 38.0 Å². The number of Topliss-reactive ketones (excluding diaryl/α,β-unsaturated/α-hetero) is 1. The van der Waals surface area contributed by atoms with Gasteiger partial charge in [-0.2, -0.15) is 11.3 Å². The summed E-state index contributed by atoms with van der Waals surface area (Å²) in [5.74, 6) is 0.0257. The SMILES string of the molecule is O=C(Cc1ccsc1)c1ncc(Br)cc1Br. The summed E-state index contributed by atoms with van der Waals surface area (Å²) >= 11 is 8.24. The van der Waals surface area contributed by atoms with E-state index in [1.54, 1.807) is 17.5 Å². The first-order chi connectivity index (χ1) is 7.66. The Morgan fingerprint density at radius 3 is 2.88 bits per heavy atom. The molecule has 0 aliphatic heterocycles. The number of aromatic nitrogens is 1. The smallest absolute Gasteiger partial charge is 0.186 e. The zero-order chi connectivity index (χ0) is 11.5. The van der Waals surface area contributed by atoms with Crippen LogP contribution in [-0.2, 0) is 6.42 Å². The van der Waals surface area contributed by atoms with Crippen molar-refractivity contribution in [1.29, 1.82) is 0 Å². The van der Waals surface area contributed by atoms with Gasteiger partial charge in [0.05, 0.1) is 0 Å². The van der Waals surface area contributed by atoms with Crippen LogP contribution in [0, 0.1) is 0 Å². The lowest BCUT2D eigenvalue weighted by Gasteiger charge is -2.02. The van der Waals surface area contributed by atoms with Crippen molar-refractivity contribution in [2.24, 2.45) is 0 Å². The van der Waals surface area contributed by atoms with Crippen molar-refractivity contribution < 1.29 is 4.79 Å². The molecule has 0 aliphatic rings. The highest BCUT2D eigenvalue weighted by atomic mass is 79.9. The topological polar surface area (TPSA) is 30.0 Å². The van der Waals surface area contributed by atoms with Gasteiger partial charge >= 0.3 is 0 Å². The lowest BCUT2D eigenvalue weighted by atomic mass is 10.1. The third-order valence-electron chi connectivity index (χ3n) is 2.02. The Morgan fingerprint density at radius 2 is 2.25 bits per heavy atom. The largest absolute Gasteiger partial charge is 0.292 e. The van der Waals surface area contributed by atoms with Crippen LogP contribution in [0.3, 0.4) is 0 Å². The Hall–Kier alpha value is -0.520. The van der Waals surface area contributed by atoms with Crippen LogP contribution in [0.2, 0.25) is 0 Å². The minimum Gasteiger partial charge on any atom is -0.292 e. The van der Waals surface area contributed by atoms with Gasteiger partial charge in [-0.1, -0.05) is 0 Å². The molecule has 82 valence electrons. The molecule has 0 fully saturated rings. The fourth-order valence-electron chi connectivity index (χ4n) is 1.28. The Kier molecular flexibility index (Phi) is 3.89. The van der Waals surface area contributed by atoms with E-state index >= 15 is 0 Å². The molecule has 0 amide bonds. The lowest BCUT2D eigenvalue weighted by Crippen LogP contribution is -2.06. The highest BCUT2D eigenvalue weighted by molar-refractivity contribution is 9.11. The van der Waals surface area contributed by atoms with E-state index in [0.29, 0.717) is 12.1 Å². The summed E-state index contributed by atoms with van der Waals surface area (Å²) in [5, 5.41) is 3.94. The van der Waals surface area contributed by atoms with Gasteiger partial charge in [-0.3, -0.25) is 9.78 Å². The van der Waals surface area contributed by atoms with Gasteiger partial charge in [0.1, 0.15) is 5.69 Å². The first-order valence-corrected chi connectivity index (χ1v) is 7.05. The number of carbonyl (C=O) groups excluding carboxylic acids is 1. The van der Waals surface area contributed by atoms with Crippen LogP contribution < -0.4 is 0 Å². The number of halogens is 2. The van der Waals surface area contributed by atoms with Crippen LogP contribution in [0.4, 0.5) is 0 Å². The maximum absolute atomic E-state index is 11.9. The average molecular weight is 361 g/mol. The highest BCUT2D eigenvalue weighted by Crippen LogP contribution is 2.21. The van der Waals surface area contributed by atoms with Crippen molar-refractivity contribution in [1.82, 2.24) is 4.98 Å². The van der Waals surface area contributed by atoms with E-state index in [9.17, 15) is 4.79 Å². The second kappa shape index (κ2) is 5.21. The number of carbonyl (C=O) groups is 1. The fourth-order valence-corrected chi connectivity index (χ4v) is 3.16. The van der Waals surface area contributed by atoms with E-state index in [1.165, 1.54) is 0 Å². The maximum Gasteiger partial charge on any atom is 0.186 e. The summed E-state index contributed by atoms with van der Waals surface area (Å²) in [7, 11) is 0. The number of hydrogen-bond acceptors (Lipinski definition) is 3. The predicted molar refractivity (Wildman–Crippen MR) is 72.0 cm³/mol. The molecule has 0 saturated carbocycles. The zero-order valence-corrected chi connectivity index (χ0v) is 12.1. The van der Waals surface area contributed by atoms with Crippen LogP contribution in [0.5, 0.6) is 0 Å². The minimum absolute atomic E-state index is 0.0257. The monoisotopic (exact) mass is 359 g/mol. The molecule has 0 bridgehead atoms. The molecule has 0 N–H and O–H groups in total. The van der Waals surface area contributed by atoms with Crippen molar-refractivity contribution >= 4 is 49.0 Å². The quantitative estimate of drug-likeness (QED) is 0.771. The molecule has 2 heterocycles. The van der Waals surface area contributed by atoms with Crippen LogP contribution in [0.1, 0.15) is 16.1 Å². The molecule has 0 spiro atoms. The molecule has 0 aromatic carbocycles. The molecule has 0 atom stereocenters. The van der Waals surface area contributed by atoms with Gasteiger partial charge in [-0.15, -0.1) is 0 Å². The van der Waals surface area contributed by atoms with E-state index in [-0.39, 0.29) is 5.78 Å². The summed E-state index contributed by atoms with van der Waals surface area (Å²) in [6.07, 6.45) is 2.03. The first-order valence-electron chi connectivity index (χ1n) is 4.52. The van der Waals surface area contributed by atoms with E-state index in [4.69, 9.17) is 0 Å². The standard InChI is InChI=1S/C11H7Br2NOS/c12-8-4-9(13)11(14-5-8)10(15)3-7-1-2-16-6-7/h1-2,4-6H,3H2. The summed E-state index contributed by atoms with van der Waals surface area (Å²) in [5.41, 5.74) is 1.51. The fraction of sp³-hybridized carbons (Fsp3) is 0.0909. The number of nitrogens with zero attached hydrogens (tertiary/aromatic N) is 1.